The molecule has 0 rings (SSSR count). The quantitative estimate of drug-likeness (QED) is 0.531. The largest absolute Gasteiger partial charge is 0.412 e. The van der Waals surface area contributed by atoms with Crippen LogP contribution < -0.4 is 0 Å². The summed E-state index contributed by atoms with van der Waals surface area (Å²) in [5.41, 5.74) is 0. The molecule has 0 heterocycles. The van der Waals surface area contributed by atoms with Crippen LogP contribution in [0, 0.1) is 0 Å². The Morgan fingerprint density at radius 2 is 1.00 bits per heavy atom. The third kappa shape index (κ3) is 9.14. The van der Waals surface area contributed by atoms with Crippen molar-refractivity contribution in [2.45, 2.75) is 0 Å². The van der Waals surface area contributed by atoms with E-state index >= 15 is 0 Å². The van der Waals surface area contributed by atoms with E-state index < -0.39 is 0 Å². The zero-order chi connectivity index (χ0) is 0. The van der Waals surface area contributed by atoms with Crippen molar-refractivity contribution in [1.29, 1.82) is 0 Å². The Balaban J connectivity index is 0. The molecule has 0 spiro atoms. The predicted molar refractivity (Wildman–Crippen MR) is 17.0 cm³/mol. The summed E-state index contributed by atoms with van der Waals surface area (Å²) in [6, 6.07) is 0. The predicted octanol–water partition coefficient (Wildman–Crippen LogP) is -0.560. The fraction of sp³-hybridized carbons (Fsp3) is 0. The summed E-state index contributed by atoms with van der Waals surface area (Å²) in [6.07, 6.45) is 0. The van der Waals surface area contributed by atoms with Crippen LogP contribution in [0.4, 0.5) is 0 Å². The molecule has 0 aromatic heterocycles. The number of hydrogen-bond acceptors (Lipinski definition) is 0. The Hall–Kier alpha value is 1.85. The molecule has 2 N–H and O–H groups in total. The van der Waals surface area contributed by atoms with Crippen LogP contribution in [0.3, 0.4) is 0 Å². The van der Waals surface area contributed by atoms with Gasteiger partial charge in [-0.2, -0.15) is 0 Å². The molecule has 7 radical (unpaired) electrons. The third-order valence-electron chi connectivity index (χ3n) is 0. The van der Waals surface area contributed by atoms with Gasteiger partial charge in [0.25, 0.3) is 0 Å². The molecular formula is H2AgOSSn. The molecule has 0 fully saturated rings. The van der Waals surface area contributed by atoms with Gasteiger partial charge in [0.15, 0.2) is 0 Å². The first-order valence-electron chi connectivity index (χ1n) is 0. The summed E-state index contributed by atoms with van der Waals surface area (Å²) in [7, 11) is 0. The van der Waals surface area contributed by atoms with Gasteiger partial charge in [-0.15, -0.1) is 0 Å². The molecule has 0 bridgehead atoms. The minimum absolute atomic E-state index is 0. The molecule has 0 aromatic carbocycles. The van der Waals surface area contributed by atoms with Crippen LogP contribution in [0.5, 0.6) is 0 Å². The normalized spacial score (nSPS) is 0. The fourth-order valence-electron chi connectivity index (χ4n) is 0. The van der Waals surface area contributed by atoms with E-state index in [2.05, 4.69) is 0 Å². The summed E-state index contributed by atoms with van der Waals surface area (Å²) < 4.78 is 0. The summed E-state index contributed by atoms with van der Waals surface area (Å²) in [6.45, 7) is 0. The van der Waals surface area contributed by atoms with Gasteiger partial charge in [0.2, 0.25) is 0 Å². The second-order valence-electron chi connectivity index (χ2n) is 0. The molecule has 4 heteroatoms. The molecule has 4 heavy (non-hydrogen) atoms. The Morgan fingerprint density at radius 3 is 1.00 bits per heavy atom. The van der Waals surface area contributed by atoms with Crippen molar-refractivity contribution in [3.63, 3.8) is 0 Å². The van der Waals surface area contributed by atoms with Crippen LogP contribution in [-0.2, 0) is 22.4 Å². The molecule has 0 aliphatic heterocycles. The van der Waals surface area contributed by atoms with Crippen molar-refractivity contribution in [2.24, 2.45) is 0 Å². The average Bonchev–Trinajstić information content (AvgIpc) is 0. The minimum Gasteiger partial charge on any atom is -0.412 e. The second kappa shape index (κ2) is 21.0. The summed E-state index contributed by atoms with van der Waals surface area (Å²) in [5.74, 6) is 0. The van der Waals surface area contributed by atoms with Gasteiger partial charge in [-0.25, -0.2) is 0 Å². The van der Waals surface area contributed by atoms with Crippen molar-refractivity contribution in [3.05, 3.63) is 0 Å². The van der Waals surface area contributed by atoms with E-state index in [0.29, 0.717) is 0 Å². The standard InChI is InChI=1S/Ag.H2O.S.Sn/h;1H2;;. The monoisotopic (exact) mass is 277 g/mol. The van der Waals surface area contributed by atoms with Gasteiger partial charge < -0.3 is 5.48 Å². The van der Waals surface area contributed by atoms with Gasteiger partial charge in [0, 0.05) is 59.8 Å². The van der Waals surface area contributed by atoms with Crippen molar-refractivity contribution in [2.75, 3.05) is 0 Å². The minimum atomic E-state index is 0. The molecule has 0 aliphatic carbocycles. The molecule has 0 saturated carbocycles. The topological polar surface area (TPSA) is 31.5 Å². The smallest absolute Gasteiger partial charge is 0 e. The first-order chi connectivity index (χ1) is 0. The Bertz CT molecular complexity index is 8.00. The van der Waals surface area contributed by atoms with Gasteiger partial charge in [0.1, 0.15) is 0 Å². The van der Waals surface area contributed by atoms with Crippen molar-refractivity contribution in [1.82, 2.24) is 0 Å². The summed E-state index contributed by atoms with van der Waals surface area (Å²) in [5, 5.41) is 0. The molecule has 0 aromatic rings. The first-order valence-corrected chi connectivity index (χ1v) is 0. The van der Waals surface area contributed by atoms with E-state index in [1.165, 1.54) is 0 Å². The second-order valence-corrected chi connectivity index (χ2v) is 0. The third-order valence-corrected chi connectivity index (χ3v) is 0. The molecule has 0 saturated heterocycles. The van der Waals surface area contributed by atoms with Crippen molar-refractivity contribution >= 4 is 37.4 Å². The molecule has 0 unspecified atom stereocenters. The van der Waals surface area contributed by atoms with Crippen LogP contribution in [0.15, 0.2) is 0 Å². The number of hydrogen-bond donors (Lipinski definition) is 0. The maximum atomic E-state index is 0. The summed E-state index contributed by atoms with van der Waals surface area (Å²) in [4.78, 5) is 0. The summed E-state index contributed by atoms with van der Waals surface area (Å²) >= 11 is 0. The molecule has 0 aliphatic rings. The van der Waals surface area contributed by atoms with Gasteiger partial charge in [-0.05, 0) is 0 Å². The van der Waals surface area contributed by atoms with E-state index in [4.69, 9.17) is 0 Å². The fourth-order valence-corrected chi connectivity index (χ4v) is 0. The maximum absolute atomic E-state index is 0. The van der Waals surface area contributed by atoms with Gasteiger partial charge in [0.05, 0.1) is 0 Å². The first kappa shape index (κ1) is 40.2. The zero-order valence-corrected chi connectivity index (χ0v) is 6.86. The maximum Gasteiger partial charge on any atom is 0 e. The van der Waals surface area contributed by atoms with Crippen LogP contribution in [-0.4, -0.2) is 29.4 Å². The van der Waals surface area contributed by atoms with E-state index in [0.717, 1.165) is 0 Å². The van der Waals surface area contributed by atoms with Gasteiger partial charge >= 0.3 is 0 Å². The Labute approximate surface area is 64.8 Å². The van der Waals surface area contributed by atoms with Crippen LogP contribution in [0.2, 0.25) is 0 Å². The molecule has 0 atom stereocenters. The van der Waals surface area contributed by atoms with Crippen LogP contribution in [0.1, 0.15) is 0 Å². The van der Waals surface area contributed by atoms with Crippen molar-refractivity contribution in [3.8, 4) is 0 Å². The SMILES string of the molecule is O.[Ag].[S].[Sn]. The van der Waals surface area contributed by atoms with Gasteiger partial charge in [-0.3, -0.25) is 0 Å². The molecule has 1 nitrogen and oxygen atoms in total. The molecular weight excluding hydrogens is 275 g/mol. The van der Waals surface area contributed by atoms with E-state index in [1.807, 2.05) is 0 Å². The zero-order valence-electron chi connectivity index (χ0n) is 1.71. The number of rotatable bonds is 0. The van der Waals surface area contributed by atoms with Gasteiger partial charge in [-0.1, -0.05) is 0 Å². The molecule has 29 valence electrons. The van der Waals surface area contributed by atoms with Crippen LogP contribution in [0.25, 0.3) is 0 Å². The average molecular weight is 277 g/mol. The van der Waals surface area contributed by atoms with E-state index in [1.54, 1.807) is 0 Å². The Kier molecular flexibility index (Phi) is 211. The molecule has 0 amide bonds. The van der Waals surface area contributed by atoms with E-state index in [9.17, 15) is 0 Å². The van der Waals surface area contributed by atoms with E-state index in [-0.39, 0.29) is 65.3 Å². The Morgan fingerprint density at radius 1 is 1.00 bits per heavy atom. The van der Waals surface area contributed by atoms with Crippen molar-refractivity contribution < 1.29 is 27.9 Å². The van der Waals surface area contributed by atoms with Crippen LogP contribution >= 0.6 is 13.5 Å².